The van der Waals surface area contributed by atoms with Crippen LogP contribution in [0.15, 0.2) is 68.5 Å². The van der Waals surface area contributed by atoms with Crippen LogP contribution in [0.4, 0.5) is 37.7 Å². The highest BCUT2D eigenvalue weighted by atomic mass is 19.2. The number of halogens is 6. The van der Waals surface area contributed by atoms with Crippen molar-refractivity contribution in [3.05, 3.63) is 117 Å². The third-order valence-corrected chi connectivity index (χ3v) is 8.56. The van der Waals surface area contributed by atoms with Crippen LogP contribution in [0.5, 0.6) is 11.5 Å². The predicted octanol–water partition coefficient (Wildman–Crippen LogP) is 10.2. The molecule has 4 aromatic rings. The summed E-state index contributed by atoms with van der Waals surface area (Å²) in [5.41, 5.74) is -0.162. The number of hydrogen-bond acceptors (Lipinski definition) is 6. The summed E-state index contributed by atoms with van der Waals surface area (Å²) in [5.74, 6) is -7.73. The number of ether oxygens (including phenoxy) is 2. The molecule has 0 aromatic heterocycles. The van der Waals surface area contributed by atoms with Crippen LogP contribution in [0.2, 0.25) is 0 Å². The predicted molar refractivity (Wildman–Crippen MR) is 191 cm³/mol. The van der Waals surface area contributed by atoms with Crippen molar-refractivity contribution in [2.24, 2.45) is 20.0 Å². The van der Waals surface area contributed by atoms with Gasteiger partial charge in [0.25, 0.3) is 0 Å². The molecule has 4 rings (SSSR count). The van der Waals surface area contributed by atoms with Crippen LogP contribution in [0.3, 0.4) is 0 Å². The molecule has 1 atom stereocenters. The summed E-state index contributed by atoms with van der Waals surface area (Å²) in [6, 6.07) is 13.1. The summed E-state index contributed by atoms with van der Waals surface area (Å²) >= 11 is 0. The molecular formula is C39H38F6N4O2. The van der Waals surface area contributed by atoms with Gasteiger partial charge < -0.3 is 9.47 Å². The zero-order chi connectivity index (χ0) is 37.6. The molecule has 0 fully saturated rings. The first-order valence-electron chi connectivity index (χ1n) is 15.9. The van der Waals surface area contributed by atoms with E-state index in [1.165, 1.54) is 39.6 Å². The molecular weight excluding hydrogens is 670 g/mol. The fourth-order valence-electron chi connectivity index (χ4n) is 5.15. The number of nitrogens with zero attached hydrogens (tertiary/aromatic N) is 4. The first kappa shape index (κ1) is 38.5. The molecule has 0 saturated carbocycles. The number of benzene rings is 4. The third kappa shape index (κ3) is 8.38. The van der Waals surface area contributed by atoms with Crippen LogP contribution in [0.1, 0.15) is 79.8 Å². The first-order valence-corrected chi connectivity index (χ1v) is 15.9. The van der Waals surface area contributed by atoms with E-state index in [4.69, 9.17) is 14.5 Å². The van der Waals surface area contributed by atoms with E-state index in [1.807, 2.05) is 20.8 Å². The second kappa shape index (κ2) is 16.2. The molecule has 1 unspecified atom stereocenters. The molecule has 0 spiro atoms. The van der Waals surface area contributed by atoms with Gasteiger partial charge in [-0.3, -0.25) is 20.0 Å². The van der Waals surface area contributed by atoms with Gasteiger partial charge in [-0.2, -0.15) is 0 Å². The average molecular weight is 709 g/mol. The van der Waals surface area contributed by atoms with E-state index in [-0.39, 0.29) is 23.1 Å². The number of aliphatic imine (C=N–C) groups is 4. The fraction of sp³-hybridized carbons (Fsp3) is 0.282. The molecule has 4 aromatic carbocycles. The van der Waals surface area contributed by atoms with Gasteiger partial charge in [0.2, 0.25) is 0 Å². The van der Waals surface area contributed by atoms with Crippen molar-refractivity contribution >= 4 is 36.2 Å². The fourth-order valence-corrected chi connectivity index (χ4v) is 5.15. The number of hydrogen-bond donors (Lipinski definition) is 0. The van der Waals surface area contributed by atoms with E-state index < -0.39 is 51.6 Å². The molecule has 0 radical (unpaired) electrons. The van der Waals surface area contributed by atoms with Crippen molar-refractivity contribution in [1.82, 2.24) is 0 Å². The summed E-state index contributed by atoms with van der Waals surface area (Å²) in [6.45, 7) is 9.39. The van der Waals surface area contributed by atoms with Crippen molar-refractivity contribution in [2.75, 3.05) is 21.3 Å². The molecule has 6 nitrogen and oxygen atoms in total. The van der Waals surface area contributed by atoms with Crippen LogP contribution < -0.4 is 9.47 Å². The van der Waals surface area contributed by atoms with Crippen molar-refractivity contribution < 1.29 is 35.8 Å². The van der Waals surface area contributed by atoms with Crippen LogP contribution >= 0.6 is 0 Å². The van der Waals surface area contributed by atoms with E-state index in [9.17, 15) is 26.3 Å². The quantitative estimate of drug-likeness (QED) is 0.0835. The molecule has 0 saturated heterocycles. The molecule has 0 aliphatic rings. The zero-order valence-corrected chi connectivity index (χ0v) is 29.5. The van der Waals surface area contributed by atoms with Gasteiger partial charge in [-0.05, 0) is 61.2 Å². The minimum atomic E-state index is -1.58. The van der Waals surface area contributed by atoms with E-state index in [0.29, 0.717) is 34.5 Å². The third-order valence-electron chi connectivity index (χ3n) is 8.56. The Bertz CT molecular complexity index is 1990. The van der Waals surface area contributed by atoms with Crippen LogP contribution in [-0.4, -0.2) is 51.7 Å². The Balaban J connectivity index is 1.54. The van der Waals surface area contributed by atoms with Crippen molar-refractivity contribution in [2.45, 2.75) is 52.0 Å². The largest absolute Gasteiger partial charge is 0.496 e. The Labute approximate surface area is 293 Å². The van der Waals surface area contributed by atoms with Gasteiger partial charge >= 0.3 is 0 Å². The van der Waals surface area contributed by atoms with Crippen molar-refractivity contribution in [3.8, 4) is 11.5 Å². The Morgan fingerprint density at radius 2 is 1.16 bits per heavy atom. The average Bonchev–Trinajstić information content (AvgIpc) is 3.11. The van der Waals surface area contributed by atoms with Crippen LogP contribution in [0, 0.1) is 34.9 Å². The zero-order valence-electron chi connectivity index (χ0n) is 29.5. The molecule has 0 N–H and O–H groups in total. The SMILES string of the molecule is CN=Cc1c(F)c(F)c(C=Nc2ccc(C(C)C(C)(C)N=Cc3cc(OC)c(C=Nc4ccc(C(C)C)c(F)c4F)cc3OC)cc2)c(F)c1F. The summed E-state index contributed by atoms with van der Waals surface area (Å²) < 4.78 is 98.0. The molecule has 0 bridgehead atoms. The second-order valence-electron chi connectivity index (χ2n) is 12.5. The van der Waals surface area contributed by atoms with Gasteiger partial charge in [-0.25, -0.2) is 26.3 Å². The van der Waals surface area contributed by atoms with E-state index in [1.54, 1.807) is 56.5 Å². The van der Waals surface area contributed by atoms with E-state index in [2.05, 4.69) is 15.0 Å². The maximum atomic E-state index is 14.7. The van der Waals surface area contributed by atoms with Gasteiger partial charge in [0.1, 0.15) is 17.2 Å². The highest BCUT2D eigenvalue weighted by Gasteiger charge is 2.27. The monoisotopic (exact) mass is 708 g/mol. The van der Waals surface area contributed by atoms with E-state index >= 15 is 0 Å². The Morgan fingerprint density at radius 3 is 1.67 bits per heavy atom. The molecule has 0 aliphatic heterocycles. The van der Waals surface area contributed by atoms with Crippen LogP contribution in [0.25, 0.3) is 0 Å². The summed E-state index contributed by atoms with van der Waals surface area (Å²) in [4.78, 5) is 16.4. The van der Waals surface area contributed by atoms with Gasteiger partial charge in [0.05, 0.1) is 36.6 Å². The summed E-state index contributed by atoms with van der Waals surface area (Å²) in [7, 11) is 4.18. The standard InChI is InChI=1S/C39H38F6N4O2/c1-21(2)27-13-14-30(38(45)33(27)40)48-17-24-15-32(51-8)25(16-31(24)50-7)18-49-39(4,5)22(3)23-9-11-26(12-10-23)47-20-29-36(43)34(41)28(19-46-6)35(42)37(29)44/h9-22H,1-8H3. The van der Waals surface area contributed by atoms with Gasteiger partial charge in [0, 0.05) is 49.0 Å². The molecule has 268 valence electrons. The molecule has 0 heterocycles. The maximum absolute atomic E-state index is 14.7. The van der Waals surface area contributed by atoms with Crippen molar-refractivity contribution in [3.63, 3.8) is 0 Å². The lowest BCUT2D eigenvalue weighted by Crippen LogP contribution is -2.25. The summed E-state index contributed by atoms with van der Waals surface area (Å²) in [6.07, 6.45) is 4.45. The lowest BCUT2D eigenvalue weighted by molar-refractivity contribution is 0.401. The maximum Gasteiger partial charge on any atom is 0.184 e. The molecule has 51 heavy (non-hydrogen) atoms. The second-order valence-corrected chi connectivity index (χ2v) is 12.5. The number of methoxy groups -OCH3 is 2. The molecule has 0 aliphatic carbocycles. The minimum absolute atomic E-state index is 0.144. The Kier molecular flexibility index (Phi) is 12.2. The lowest BCUT2D eigenvalue weighted by Gasteiger charge is -2.28. The lowest BCUT2D eigenvalue weighted by atomic mass is 9.84. The van der Waals surface area contributed by atoms with Gasteiger partial charge in [-0.1, -0.05) is 39.0 Å². The molecule has 0 amide bonds. The van der Waals surface area contributed by atoms with Gasteiger partial charge in [0.15, 0.2) is 34.9 Å². The van der Waals surface area contributed by atoms with Gasteiger partial charge in [-0.15, -0.1) is 0 Å². The number of rotatable bonds is 12. The topological polar surface area (TPSA) is 67.9 Å². The smallest absolute Gasteiger partial charge is 0.184 e. The first-order chi connectivity index (χ1) is 24.1. The van der Waals surface area contributed by atoms with E-state index in [0.717, 1.165) is 11.8 Å². The van der Waals surface area contributed by atoms with Crippen molar-refractivity contribution in [1.29, 1.82) is 0 Å². The minimum Gasteiger partial charge on any atom is -0.496 e. The van der Waals surface area contributed by atoms with Crippen LogP contribution in [-0.2, 0) is 0 Å². The highest BCUT2D eigenvalue weighted by Crippen LogP contribution is 2.34. The normalized spacial score (nSPS) is 13.1. The highest BCUT2D eigenvalue weighted by molar-refractivity contribution is 5.92. The Hall–Kier alpha value is -5.26. The summed E-state index contributed by atoms with van der Waals surface area (Å²) in [5, 5.41) is 0. The molecule has 12 heteroatoms. The Morgan fingerprint density at radius 1 is 0.627 bits per heavy atom.